The number of quaternary nitrogens is 1. The minimum Gasteiger partial charge on any atom is -0.483 e. The highest BCUT2D eigenvalue weighted by molar-refractivity contribution is 5.44. The van der Waals surface area contributed by atoms with E-state index in [9.17, 15) is 0 Å². The number of rotatable bonds is 5. The zero-order valence-corrected chi connectivity index (χ0v) is 9.91. The van der Waals surface area contributed by atoms with Crippen molar-refractivity contribution in [3.63, 3.8) is 0 Å². The van der Waals surface area contributed by atoms with Gasteiger partial charge in [0.05, 0.1) is 6.61 Å². The van der Waals surface area contributed by atoms with Gasteiger partial charge in [-0.3, -0.25) is 0 Å². The maximum atomic E-state index is 9.05. The Labute approximate surface area is 105 Å². The summed E-state index contributed by atoms with van der Waals surface area (Å²) in [5, 5.41) is 18.0. The second-order valence-electron chi connectivity index (χ2n) is 3.93. The first kappa shape index (κ1) is 12.6. The lowest BCUT2D eigenvalue weighted by molar-refractivity contribution is -0.826. The Morgan fingerprint density at radius 2 is 1.61 bits per heavy atom. The van der Waals surface area contributed by atoms with E-state index >= 15 is 0 Å². The molecule has 18 heavy (non-hydrogen) atoms. The fourth-order valence-electron chi connectivity index (χ4n) is 1.62. The molecule has 0 saturated carbocycles. The molecule has 0 radical (unpaired) electrons. The third kappa shape index (κ3) is 3.07. The van der Waals surface area contributed by atoms with Gasteiger partial charge in [0.1, 0.15) is 6.61 Å². The molecule has 0 aliphatic carbocycles. The molecule has 0 bridgehead atoms. The summed E-state index contributed by atoms with van der Waals surface area (Å²) in [5.74, 6) is 0.645. The molecule has 4 nitrogen and oxygen atoms in total. The molecule has 0 aliphatic rings. The van der Waals surface area contributed by atoms with E-state index in [1.165, 1.54) is 0 Å². The maximum Gasteiger partial charge on any atom is 0.204 e. The van der Waals surface area contributed by atoms with Gasteiger partial charge in [-0.2, -0.15) is 5.48 Å². The lowest BCUT2D eigenvalue weighted by atomic mass is 10.1. The second kappa shape index (κ2) is 6.16. The number of aliphatic hydroxyl groups is 1. The quantitative estimate of drug-likeness (QED) is 0.551. The highest BCUT2D eigenvalue weighted by atomic mass is 16.5. The summed E-state index contributed by atoms with van der Waals surface area (Å²) in [4.78, 5) is 0. The van der Waals surface area contributed by atoms with E-state index in [0.717, 1.165) is 16.6 Å². The maximum absolute atomic E-state index is 9.05. The lowest BCUT2D eigenvalue weighted by Gasteiger charge is -2.07. The molecule has 0 heterocycles. The molecule has 4 heteroatoms. The molecule has 0 spiro atoms. The van der Waals surface area contributed by atoms with Gasteiger partial charge in [0.25, 0.3) is 0 Å². The summed E-state index contributed by atoms with van der Waals surface area (Å²) in [6, 6.07) is 14.8. The number of ether oxygens (including phenoxy) is 1. The van der Waals surface area contributed by atoms with Gasteiger partial charge in [-0.1, -0.05) is 36.4 Å². The molecule has 2 rings (SSSR count). The van der Waals surface area contributed by atoms with E-state index in [4.69, 9.17) is 15.1 Å². The number of hydrogen-bond donors (Lipinski definition) is 3. The van der Waals surface area contributed by atoms with Gasteiger partial charge in [-0.25, -0.2) is 5.21 Å². The number of hydrogen-bond acceptors (Lipinski definition) is 3. The molecule has 2 aromatic carbocycles. The molecule has 2 aromatic rings. The van der Waals surface area contributed by atoms with E-state index in [2.05, 4.69) is 0 Å². The summed E-state index contributed by atoms with van der Waals surface area (Å²) in [7, 11) is 0. The summed E-state index contributed by atoms with van der Waals surface area (Å²) in [6.07, 6.45) is 0. The first-order valence-electron chi connectivity index (χ1n) is 5.71. The lowest BCUT2D eigenvalue weighted by Crippen LogP contribution is -2.73. The molecule has 0 aliphatic heterocycles. The number of para-hydroxylation sites is 2. The fraction of sp³-hybridized carbons (Fsp3) is 0.143. The minimum atomic E-state index is 0.0451. The average Bonchev–Trinajstić information content (AvgIpc) is 2.46. The Kier molecular flexibility index (Phi) is 4.30. The van der Waals surface area contributed by atoms with Gasteiger partial charge in [-0.15, -0.1) is 0 Å². The van der Waals surface area contributed by atoms with Crippen molar-refractivity contribution in [2.24, 2.45) is 0 Å². The number of benzene rings is 2. The van der Waals surface area contributed by atoms with E-state index in [1.54, 1.807) is 6.07 Å². The van der Waals surface area contributed by atoms with Crippen LogP contribution in [-0.2, 0) is 13.2 Å². The third-order valence-electron chi connectivity index (χ3n) is 2.66. The Bertz CT molecular complexity index is 497. The van der Waals surface area contributed by atoms with Crippen LogP contribution >= 0.6 is 0 Å². The van der Waals surface area contributed by atoms with Crippen molar-refractivity contribution in [1.29, 1.82) is 0 Å². The van der Waals surface area contributed by atoms with Crippen LogP contribution in [0.3, 0.4) is 0 Å². The van der Waals surface area contributed by atoms with Crippen LogP contribution in [0.1, 0.15) is 11.1 Å². The van der Waals surface area contributed by atoms with Gasteiger partial charge in [0.15, 0.2) is 5.75 Å². The van der Waals surface area contributed by atoms with E-state index in [-0.39, 0.29) is 6.61 Å². The van der Waals surface area contributed by atoms with Crippen molar-refractivity contribution in [3.05, 3.63) is 59.7 Å². The summed E-state index contributed by atoms with van der Waals surface area (Å²) >= 11 is 0. The van der Waals surface area contributed by atoms with Crippen LogP contribution in [0.5, 0.6) is 5.75 Å². The van der Waals surface area contributed by atoms with E-state index < -0.39 is 0 Å². The molecule has 4 N–H and O–H groups in total. The van der Waals surface area contributed by atoms with Gasteiger partial charge in [0, 0.05) is 6.07 Å². The first-order valence-corrected chi connectivity index (χ1v) is 5.71. The van der Waals surface area contributed by atoms with Crippen molar-refractivity contribution in [2.45, 2.75) is 13.2 Å². The molecule has 0 atom stereocenters. The van der Waals surface area contributed by atoms with Gasteiger partial charge in [-0.05, 0) is 17.2 Å². The molecular weight excluding hydrogens is 230 g/mol. The average molecular weight is 246 g/mol. The number of aliphatic hydroxyl groups excluding tert-OH is 1. The van der Waals surface area contributed by atoms with Crippen LogP contribution in [0.2, 0.25) is 0 Å². The topological polar surface area (TPSA) is 66.3 Å². The smallest absolute Gasteiger partial charge is 0.204 e. The van der Waals surface area contributed by atoms with Crippen molar-refractivity contribution in [2.75, 3.05) is 0 Å². The van der Waals surface area contributed by atoms with Crippen molar-refractivity contribution >= 4 is 5.69 Å². The molecule has 0 fully saturated rings. The van der Waals surface area contributed by atoms with Gasteiger partial charge in [0.2, 0.25) is 5.69 Å². The van der Waals surface area contributed by atoms with Gasteiger partial charge < -0.3 is 9.84 Å². The largest absolute Gasteiger partial charge is 0.483 e. The molecule has 0 saturated heterocycles. The zero-order chi connectivity index (χ0) is 12.8. The summed E-state index contributed by atoms with van der Waals surface area (Å²) in [6.45, 7) is 0.472. The first-order chi connectivity index (χ1) is 8.83. The number of nitrogens with two attached hydrogens (primary N) is 1. The summed E-state index contributed by atoms with van der Waals surface area (Å²) < 4.78 is 5.63. The SMILES string of the molecule is OCc1ccc(COc2ccccc2[NH2+]O)cc1. The standard InChI is InChI=1S/C14H15NO3/c16-9-11-5-7-12(8-6-11)10-18-14-4-2-1-3-13(14)15-17/h1-8,15-17H,9-10H2/p+1. The normalized spacial score (nSPS) is 10.3. The molecule has 94 valence electrons. The van der Waals surface area contributed by atoms with Crippen molar-refractivity contribution < 1.29 is 20.5 Å². The molecule has 0 amide bonds. The zero-order valence-electron chi connectivity index (χ0n) is 9.91. The molecular formula is C14H16NO3+. The minimum absolute atomic E-state index is 0.0451. The Morgan fingerprint density at radius 3 is 2.28 bits per heavy atom. The Balaban J connectivity index is 2.02. The monoisotopic (exact) mass is 246 g/mol. The second-order valence-corrected chi connectivity index (χ2v) is 3.93. The molecule has 0 aromatic heterocycles. The Morgan fingerprint density at radius 1 is 0.944 bits per heavy atom. The summed E-state index contributed by atoms with van der Waals surface area (Å²) in [5.41, 5.74) is 3.58. The van der Waals surface area contributed by atoms with Crippen LogP contribution in [0, 0.1) is 0 Å². The van der Waals surface area contributed by atoms with Crippen LogP contribution < -0.4 is 10.2 Å². The van der Waals surface area contributed by atoms with Crippen LogP contribution in [0.4, 0.5) is 5.69 Å². The van der Waals surface area contributed by atoms with Crippen LogP contribution in [0.15, 0.2) is 48.5 Å². The van der Waals surface area contributed by atoms with Crippen molar-refractivity contribution in [1.82, 2.24) is 0 Å². The molecule has 0 unspecified atom stereocenters. The van der Waals surface area contributed by atoms with E-state index in [1.807, 2.05) is 42.5 Å². The highest BCUT2D eigenvalue weighted by Gasteiger charge is 2.05. The predicted octanol–water partition coefficient (Wildman–Crippen LogP) is 1.34. The van der Waals surface area contributed by atoms with Crippen LogP contribution in [0.25, 0.3) is 0 Å². The van der Waals surface area contributed by atoms with E-state index in [0.29, 0.717) is 18.0 Å². The van der Waals surface area contributed by atoms with Crippen molar-refractivity contribution in [3.8, 4) is 5.75 Å². The fourth-order valence-corrected chi connectivity index (χ4v) is 1.62. The Hall–Kier alpha value is -1.88. The van der Waals surface area contributed by atoms with Crippen LogP contribution in [-0.4, -0.2) is 10.3 Å². The predicted molar refractivity (Wildman–Crippen MR) is 66.5 cm³/mol. The third-order valence-corrected chi connectivity index (χ3v) is 2.66. The van der Waals surface area contributed by atoms with Gasteiger partial charge >= 0.3 is 0 Å². The highest BCUT2D eigenvalue weighted by Crippen LogP contribution is 2.20.